The Kier molecular flexibility index (Phi) is 7.43. The SMILES string of the molecule is Cc1ncc(-c2ccc(C(=O)Nc3nc4cc(NCC(=O)c5ccccc5)ccc4n3CCN3CCCC3)s2)o1. The average Bonchev–Trinajstić information content (AvgIpc) is 3.78. The number of likely N-dealkylation sites (tertiary alicyclic amines) is 1. The number of hydrogen-bond donors (Lipinski definition) is 2. The maximum atomic E-state index is 13.3. The van der Waals surface area contributed by atoms with Crippen molar-refractivity contribution in [3.8, 4) is 10.6 Å². The van der Waals surface area contributed by atoms with Crippen molar-refractivity contribution < 1.29 is 14.0 Å². The van der Waals surface area contributed by atoms with Crippen molar-refractivity contribution in [1.29, 1.82) is 0 Å². The third-order valence-corrected chi connectivity index (χ3v) is 8.15. The number of anilines is 2. The lowest BCUT2D eigenvalue weighted by Crippen LogP contribution is -2.25. The Morgan fingerprint density at radius 1 is 1.02 bits per heavy atom. The quantitative estimate of drug-likeness (QED) is 0.213. The molecule has 0 atom stereocenters. The fourth-order valence-corrected chi connectivity index (χ4v) is 5.80. The summed E-state index contributed by atoms with van der Waals surface area (Å²) in [6.07, 6.45) is 4.10. The lowest BCUT2D eigenvalue weighted by Gasteiger charge is -2.16. The highest BCUT2D eigenvalue weighted by Crippen LogP contribution is 2.30. The highest BCUT2D eigenvalue weighted by molar-refractivity contribution is 7.17. The zero-order valence-electron chi connectivity index (χ0n) is 22.2. The first-order valence-corrected chi connectivity index (χ1v) is 14.2. The van der Waals surface area contributed by atoms with Gasteiger partial charge in [-0.1, -0.05) is 30.3 Å². The molecule has 0 radical (unpaired) electrons. The molecule has 1 amide bonds. The van der Waals surface area contributed by atoms with E-state index in [2.05, 4.69) is 25.1 Å². The molecule has 9 nitrogen and oxygen atoms in total. The molecule has 0 aliphatic carbocycles. The number of carbonyl (C=O) groups is 2. The average molecular weight is 555 g/mol. The summed E-state index contributed by atoms with van der Waals surface area (Å²) in [4.78, 5) is 38.6. The Morgan fingerprint density at radius 3 is 2.62 bits per heavy atom. The molecule has 4 heterocycles. The number of imidazole rings is 1. The van der Waals surface area contributed by atoms with Gasteiger partial charge in [-0.2, -0.15) is 0 Å². The molecule has 6 rings (SSSR count). The first-order chi connectivity index (χ1) is 19.5. The first-order valence-electron chi connectivity index (χ1n) is 13.4. The largest absolute Gasteiger partial charge is 0.440 e. The van der Waals surface area contributed by atoms with Crippen LogP contribution >= 0.6 is 11.3 Å². The summed E-state index contributed by atoms with van der Waals surface area (Å²) in [6, 6.07) is 18.7. The fraction of sp³-hybridized carbons (Fsp3) is 0.267. The van der Waals surface area contributed by atoms with E-state index in [4.69, 9.17) is 9.40 Å². The number of nitrogens with one attached hydrogen (secondary N) is 2. The number of Topliss-reactive ketones (excluding diaryl/α,β-unsaturated/α-hetero) is 1. The van der Waals surface area contributed by atoms with Crippen LogP contribution in [0.4, 0.5) is 11.6 Å². The summed E-state index contributed by atoms with van der Waals surface area (Å²) < 4.78 is 7.68. The second-order valence-electron chi connectivity index (χ2n) is 9.84. The van der Waals surface area contributed by atoms with Crippen molar-refractivity contribution in [2.75, 3.05) is 36.8 Å². The zero-order chi connectivity index (χ0) is 27.5. The van der Waals surface area contributed by atoms with Crippen LogP contribution in [0.1, 0.15) is 38.8 Å². The van der Waals surface area contributed by atoms with Gasteiger partial charge in [-0.05, 0) is 56.3 Å². The highest BCUT2D eigenvalue weighted by atomic mass is 32.1. The molecule has 1 saturated heterocycles. The first kappa shape index (κ1) is 26.0. The summed E-state index contributed by atoms with van der Waals surface area (Å²) in [5.74, 6) is 1.52. The number of aromatic nitrogens is 3. The van der Waals surface area contributed by atoms with Crippen LogP contribution in [0, 0.1) is 6.92 Å². The molecular formula is C30H30N6O3S. The van der Waals surface area contributed by atoms with Crippen LogP contribution in [-0.4, -0.2) is 57.3 Å². The van der Waals surface area contributed by atoms with Gasteiger partial charge in [-0.3, -0.25) is 14.9 Å². The predicted octanol–water partition coefficient (Wildman–Crippen LogP) is 5.70. The molecule has 204 valence electrons. The molecule has 5 aromatic rings. The molecule has 1 aliphatic rings. The summed E-state index contributed by atoms with van der Waals surface area (Å²) in [5, 5.41) is 6.26. The minimum atomic E-state index is -0.225. The van der Waals surface area contributed by atoms with Crippen molar-refractivity contribution in [3.63, 3.8) is 0 Å². The summed E-state index contributed by atoms with van der Waals surface area (Å²) >= 11 is 1.35. The van der Waals surface area contributed by atoms with Gasteiger partial charge in [0.05, 0.1) is 33.5 Å². The Bertz CT molecular complexity index is 1650. The van der Waals surface area contributed by atoms with E-state index < -0.39 is 0 Å². The predicted molar refractivity (Wildman–Crippen MR) is 157 cm³/mol. The van der Waals surface area contributed by atoms with E-state index in [1.807, 2.05) is 54.6 Å². The number of oxazole rings is 1. The number of hydrogen-bond acceptors (Lipinski definition) is 8. The van der Waals surface area contributed by atoms with Crippen LogP contribution < -0.4 is 10.6 Å². The molecule has 40 heavy (non-hydrogen) atoms. The summed E-state index contributed by atoms with van der Waals surface area (Å²) in [7, 11) is 0. The van der Waals surface area contributed by atoms with E-state index in [9.17, 15) is 9.59 Å². The van der Waals surface area contributed by atoms with Gasteiger partial charge in [0.25, 0.3) is 5.91 Å². The number of nitrogens with zero attached hydrogens (tertiary/aromatic N) is 4. The topological polar surface area (TPSA) is 105 Å². The van der Waals surface area contributed by atoms with E-state index >= 15 is 0 Å². The number of thiophene rings is 1. The van der Waals surface area contributed by atoms with E-state index in [0.29, 0.717) is 34.6 Å². The van der Waals surface area contributed by atoms with Crippen molar-refractivity contribution in [3.05, 3.63) is 83.2 Å². The number of carbonyl (C=O) groups excluding carboxylic acids is 2. The molecular weight excluding hydrogens is 524 g/mol. The maximum absolute atomic E-state index is 13.3. The summed E-state index contributed by atoms with van der Waals surface area (Å²) in [5.41, 5.74) is 3.14. The van der Waals surface area contributed by atoms with Crippen molar-refractivity contribution in [2.45, 2.75) is 26.3 Å². The fourth-order valence-electron chi connectivity index (χ4n) is 4.95. The molecule has 3 aromatic heterocycles. The normalized spacial score (nSPS) is 13.6. The van der Waals surface area contributed by atoms with Crippen molar-refractivity contribution in [1.82, 2.24) is 19.4 Å². The maximum Gasteiger partial charge on any atom is 0.268 e. The molecule has 1 fully saturated rings. The van der Waals surface area contributed by atoms with Crippen LogP contribution in [0.5, 0.6) is 0 Å². The molecule has 1 aliphatic heterocycles. The third-order valence-electron chi connectivity index (χ3n) is 7.05. The molecule has 2 N–H and O–H groups in total. The van der Waals surface area contributed by atoms with Crippen LogP contribution in [0.2, 0.25) is 0 Å². The van der Waals surface area contributed by atoms with Crippen molar-refractivity contribution in [2.24, 2.45) is 0 Å². The summed E-state index contributed by atoms with van der Waals surface area (Å²) in [6.45, 7) is 5.75. The van der Waals surface area contributed by atoms with Gasteiger partial charge in [-0.15, -0.1) is 11.3 Å². The molecule has 2 aromatic carbocycles. The zero-order valence-corrected chi connectivity index (χ0v) is 23.0. The van der Waals surface area contributed by atoms with Gasteiger partial charge >= 0.3 is 0 Å². The van der Waals surface area contributed by atoms with Crippen LogP contribution in [0.3, 0.4) is 0 Å². The number of ketones is 1. The number of benzene rings is 2. The van der Waals surface area contributed by atoms with E-state index in [1.165, 1.54) is 24.2 Å². The number of rotatable bonds is 10. The Balaban J connectivity index is 1.22. The van der Waals surface area contributed by atoms with Gasteiger partial charge in [-0.25, -0.2) is 9.97 Å². The molecule has 0 saturated carbocycles. The van der Waals surface area contributed by atoms with E-state index in [1.54, 1.807) is 19.2 Å². The third kappa shape index (κ3) is 5.68. The van der Waals surface area contributed by atoms with Crippen LogP contribution in [0.25, 0.3) is 21.7 Å². The second kappa shape index (κ2) is 11.4. The molecule has 0 bridgehead atoms. The van der Waals surface area contributed by atoms with E-state index in [-0.39, 0.29) is 18.2 Å². The minimum absolute atomic E-state index is 0.0144. The monoisotopic (exact) mass is 554 g/mol. The number of fused-ring (bicyclic) bond motifs is 1. The number of amides is 1. The van der Waals surface area contributed by atoms with Gasteiger partial charge in [0.1, 0.15) is 0 Å². The molecule has 10 heteroatoms. The van der Waals surface area contributed by atoms with Crippen molar-refractivity contribution >= 4 is 45.7 Å². The lowest BCUT2D eigenvalue weighted by molar-refractivity contribution is 0.100. The molecule has 0 spiro atoms. The van der Waals surface area contributed by atoms with Crippen LogP contribution in [-0.2, 0) is 6.54 Å². The van der Waals surface area contributed by atoms with Gasteiger partial charge < -0.3 is 19.2 Å². The number of aryl methyl sites for hydroxylation is 1. The van der Waals surface area contributed by atoms with Crippen LogP contribution in [0.15, 0.2) is 71.3 Å². The van der Waals surface area contributed by atoms with Gasteiger partial charge in [0.15, 0.2) is 17.4 Å². The van der Waals surface area contributed by atoms with Gasteiger partial charge in [0, 0.05) is 31.3 Å². The highest BCUT2D eigenvalue weighted by Gasteiger charge is 2.19. The standard InChI is InChI=1S/C30H30N6O3S/c1-20-31-19-26(39-20)27-11-12-28(40-27)29(38)34-30-33-23-17-22(32-18-25(37)21-7-3-2-4-8-21)9-10-24(23)36(30)16-15-35-13-5-6-14-35/h2-4,7-12,17,19,32H,5-6,13-16,18H2,1H3,(H,33,34,38). The molecule has 0 unspecified atom stereocenters. The lowest BCUT2D eigenvalue weighted by atomic mass is 10.1. The Hall–Kier alpha value is -4.28. The Morgan fingerprint density at radius 2 is 1.85 bits per heavy atom. The van der Waals surface area contributed by atoms with E-state index in [0.717, 1.165) is 41.2 Å². The minimum Gasteiger partial charge on any atom is -0.440 e. The smallest absolute Gasteiger partial charge is 0.268 e. The second-order valence-corrected chi connectivity index (χ2v) is 10.9. The van der Waals surface area contributed by atoms with Gasteiger partial charge in [0.2, 0.25) is 5.95 Å². The Labute approximate surface area is 235 Å².